The van der Waals surface area contributed by atoms with Gasteiger partial charge in [0.2, 0.25) is 0 Å². The summed E-state index contributed by atoms with van der Waals surface area (Å²) in [6.07, 6.45) is 1.48. The second kappa shape index (κ2) is 8.20. The van der Waals surface area contributed by atoms with Crippen LogP contribution in [-0.4, -0.2) is 55.8 Å². The van der Waals surface area contributed by atoms with Crippen molar-refractivity contribution in [2.75, 3.05) is 38.6 Å². The third kappa shape index (κ3) is 4.86. The molecule has 1 fully saturated rings. The molecule has 23 heavy (non-hydrogen) atoms. The number of benzene rings is 1. The number of aryl methyl sites for hydroxylation is 1. The van der Waals surface area contributed by atoms with Crippen LogP contribution in [0, 0.1) is 6.92 Å². The van der Waals surface area contributed by atoms with Crippen LogP contribution in [0.4, 0.5) is 5.69 Å². The van der Waals surface area contributed by atoms with E-state index < -0.39 is 0 Å². The maximum Gasteiger partial charge on any atom is 0.194 e. The molecule has 0 amide bonds. The highest BCUT2D eigenvalue weighted by molar-refractivity contribution is 5.80. The number of hydrogen-bond acceptors (Lipinski definition) is 3. The molecule has 0 bridgehead atoms. The smallest absolute Gasteiger partial charge is 0.194 e. The molecule has 0 aliphatic carbocycles. The van der Waals surface area contributed by atoms with Gasteiger partial charge in [-0.15, -0.1) is 0 Å². The van der Waals surface area contributed by atoms with Crippen molar-refractivity contribution in [1.82, 2.24) is 10.2 Å². The number of piperidine rings is 1. The number of nitrogens with one attached hydrogen (secondary N) is 1. The number of guanidine groups is 1. The molecule has 2 N–H and O–H groups in total. The Hall–Kier alpha value is -1.75. The van der Waals surface area contributed by atoms with Crippen molar-refractivity contribution in [3.63, 3.8) is 0 Å². The van der Waals surface area contributed by atoms with Crippen LogP contribution in [0.5, 0.6) is 0 Å². The van der Waals surface area contributed by atoms with Gasteiger partial charge in [-0.2, -0.15) is 0 Å². The summed E-state index contributed by atoms with van der Waals surface area (Å²) in [5.74, 6) is 0.954. The average molecular weight is 318 g/mol. The fraction of sp³-hybridized carbons (Fsp3) is 0.611. The van der Waals surface area contributed by atoms with E-state index in [9.17, 15) is 5.11 Å². The normalized spacial score (nSPS) is 16.6. The van der Waals surface area contributed by atoms with Crippen molar-refractivity contribution in [3.05, 3.63) is 29.3 Å². The van der Waals surface area contributed by atoms with Crippen molar-refractivity contribution in [2.24, 2.45) is 4.99 Å². The number of aliphatic imine (C=N–C) groups is 1. The van der Waals surface area contributed by atoms with Gasteiger partial charge in [0.25, 0.3) is 0 Å². The van der Waals surface area contributed by atoms with Crippen LogP contribution in [0.3, 0.4) is 0 Å². The Kier molecular flexibility index (Phi) is 6.28. The monoisotopic (exact) mass is 318 g/mol. The van der Waals surface area contributed by atoms with Crippen molar-refractivity contribution in [2.45, 2.75) is 39.3 Å². The molecule has 2 rings (SSSR count). The van der Waals surface area contributed by atoms with Crippen LogP contribution in [0.15, 0.2) is 23.2 Å². The Morgan fingerprint density at radius 3 is 2.61 bits per heavy atom. The standard InChI is InChI=1S/C18H30N4O/c1-5-19-18(22-10-8-17(23)9-11-22)20-13-15-6-7-16(21(3)4)12-14(15)2/h6-7,12,17,23H,5,8-11,13H2,1-4H3,(H,19,20). The summed E-state index contributed by atoms with van der Waals surface area (Å²) in [7, 11) is 4.11. The zero-order chi connectivity index (χ0) is 16.8. The Labute approximate surface area is 140 Å². The highest BCUT2D eigenvalue weighted by Gasteiger charge is 2.19. The summed E-state index contributed by atoms with van der Waals surface area (Å²) < 4.78 is 0. The van der Waals surface area contributed by atoms with Gasteiger partial charge < -0.3 is 20.2 Å². The first-order valence-electron chi connectivity index (χ1n) is 8.49. The van der Waals surface area contributed by atoms with Crippen LogP contribution in [0.2, 0.25) is 0 Å². The Bertz CT molecular complexity index is 534. The zero-order valence-electron chi connectivity index (χ0n) is 14.8. The molecule has 0 unspecified atom stereocenters. The zero-order valence-corrected chi connectivity index (χ0v) is 14.8. The molecule has 0 spiro atoms. The minimum absolute atomic E-state index is 0.157. The molecule has 5 nitrogen and oxygen atoms in total. The summed E-state index contributed by atoms with van der Waals surface area (Å²) in [6, 6.07) is 6.51. The first-order valence-corrected chi connectivity index (χ1v) is 8.49. The van der Waals surface area contributed by atoms with E-state index in [4.69, 9.17) is 4.99 Å². The Morgan fingerprint density at radius 1 is 1.35 bits per heavy atom. The summed E-state index contributed by atoms with van der Waals surface area (Å²) in [4.78, 5) is 9.17. The third-order valence-electron chi connectivity index (χ3n) is 4.34. The number of aliphatic hydroxyl groups is 1. The second-order valence-electron chi connectivity index (χ2n) is 6.39. The average Bonchev–Trinajstić information content (AvgIpc) is 2.53. The van der Waals surface area contributed by atoms with Crippen LogP contribution in [-0.2, 0) is 6.54 Å². The largest absolute Gasteiger partial charge is 0.393 e. The highest BCUT2D eigenvalue weighted by atomic mass is 16.3. The fourth-order valence-corrected chi connectivity index (χ4v) is 2.80. The number of aliphatic hydroxyl groups excluding tert-OH is 1. The van der Waals surface area contributed by atoms with Gasteiger partial charge in [-0.05, 0) is 49.9 Å². The molecule has 1 aliphatic heterocycles. The highest BCUT2D eigenvalue weighted by Crippen LogP contribution is 2.18. The van der Waals surface area contributed by atoms with Crippen LogP contribution >= 0.6 is 0 Å². The molecular formula is C18H30N4O. The number of likely N-dealkylation sites (tertiary alicyclic amines) is 1. The lowest BCUT2D eigenvalue weighted by Crippen LogP contribution is -2.46. The molecule has 5 heteroatoms. The predicted octanol–water partition coefficient (Wildman–Crippen LogP) is 1.98. The number of nitrogens with zero attached hydrogens (tertiary/aromatic N) is 3. The molecule has 1 aromatic rings. The number of hydrogen-bond donors (Lipinski definition) is 2. The van der Waals surface area contributed by atoms with Crippen molar-refractivity contribution < 1.29 is 5.11 Å². The Balaban J connectivity index is 2.08. The first kappa shape index (κ1) is 17.6. The van der Waals surface area contributed by atoms with E-state index in [0.717, 1.165) is 38.4 Å². The van der Waals surface area contributed by atoms with Crippen molar-refractivity contribution in [1.29, 1.82) is 0 Å². The van der Waals surface area contributed by atoms with E-state index in [0.29, 0.717) is 6.54 Å². The molecule has 0 radical (unpaired) electrons. The lowest BCUT2D eigenvalue weighted by molar-refractivity contribution is 0.108. The van der Waals surface area contributed by atoms with E-state index in [1.54, 1.807) is 0 Å². The summed E-state index contributed by atoms with van der Waals surface area (Å²) in [6.45, 7) is 7.50. The minimum Gasteiger partial charge on any atom is -0.393 e. The summed E-state index contributed by atoms with van der Waals surface area (Å²) in [5, 5.41) is 13.0. The van der Waals surface area contributed by atoms with Gasteiger partial charge in [0.05, 0.1) is 12.6 Å². The van der Waals surface area contributed by atoms with E-state index in [1.807, 2.05) is 0 Å². The van der Waals surface area contributed by atoms with Gasteiger partial charge in [0.15, 0.2) is 5.96 Å². The first-order chi connectivity index (χ1) is 11.0. The van der Waals surface area contributed by atoms with E-state index in [2.05, 4.69) is 61.3 Å². The van der Waals surface area contributed by atoms with Crippen LogP contribution in [0.1, 0.15) is 30.9 Å². The van der Waals surface area contributed by atoms with E-state index in [-0.39, 0.29) is 6.10 Å². The van der Waals surface area contributed by atoms with Gasteiger partial charge >= 0.3 is 0 Å². The lowest BCUT2D eigenvalue weighted by atomic mass is 10.1. The number of rotatable bonds is 4. The lowest BCUT2D eigenvalue weighted by Gasteiger charge is -2.32. The van der Waals surface area contributed by atoms with Gasteiger partial charge in [-0.3, -0.25) is 0 Å². The number of anilines is 1. The Morgan fingerprint density at radius 2 is 2.04 bits per heavy atom. The van der Waals surface area contributed by atoms with E-state index in [1.165, 1.54) is 16.8 Å². The molecule has 0 aromatic heterocycles. The maximum absolute atomic E-state index is 9.66. The molecule has 1 aromatic carbocycles. The van der Waals surface area contributed by atoms with Gasteiger partial charge in [-0.1, -0.05) is 6.07 Å². The topological polar surface area (TPSA) is 51.1 Å². The summed E-state index contributed by atoms with van der Waals surface area (Å²) >= 11 is 0. The van der Waals surface area contributed by atoms with Crippen molar-refractivity contribution in [3.8, 4) is 0 Å². The SMILES string of the molecule is CCNC(=NCc1ccc(N(C)C)cc1C)N1CCC(O)CC1. The van der Waals surface area contributed by atoms with Crippen LogP contribution < -0.4 is 10.2 Å². The second-order valence-corrected chi connectivity index (χ2v) is 6.39. The van der Waals surface area contributed by atoms with Gasteiger partial charge in [0.1, 0.15) is 0 Å². The molecule has 0 atom stereocenters. The molecule has 1 saturated heterocycles. The maximum atomic E-state index is 9.66. The third-order valence-corrected chi connectivity index (χ3v) is 4.34. The van der Waals surface area contributed by atoms with E-state index >= 15 is 0 Å². The van der Waals surface area contributed by atoms with Gasteiger partial charge in [0, 0.05) is 39.4 Å². The predicted molar refractivity (Wildman–Crippen MR) is 97.1 cm³/mol. The fourth-order valence-electron chi connectivity index (χ4n) is 2.80. The molecular weight excluding hydrogens is 288 g/mol. The molecule has 0 saturated carbocycles. The van der Waals surface area contributed by atoms with Crippen molar-refractivity contribution >= 4 is 11.6 Å². The van der Waals surface area contributed by atoms with Gasteiger partial charge in [-0.25, -0.2) is 4.99 Å². The summed E-state index contributed by atoms with van der Waals surface area (Å²) in [5.41, 5.74) is 3.74. The molecule has 128 valence electrons. The molecule has 1 aliphatic rings. The molecule has 1 heterocycles. The quantitative estimate of drug-likeness (QED) is 0.658. The van der Waals surface area contributed by atoms with Crippen LogP contribution in [0.25, 0.3) is 0 Å². The minimum atomic E-state index is -0.157.